The number of benzene rings is 7. The Morgan fingerprint density at radius 3 is 1.35 bits per heavy atom. The second-order valence-electron chi connectivity index (χ2n) is 13.0. The fraction of sp³-hybridized carbons (Fsp3) is 0. The first kappa shape index (κ1) is 29.0. The number of aromatic nitrogens is 4. The molecule has 0 aliphatic heterocycles. The Morgan fingerprint density at radius 1 is 0.333 bits per heavy atom. The second-order valence-corrected chi connectivity index (χ2v) is 13.0. The highest BCUT2D eigenvalue weighted by Crippen LogP contribution is 2.36. The first-order valence-corrected chi connectivity index (χ1v) is 17.2. The lowest BCUT2D eigenvalue weighted by Gasteiger charge is -2.12. The third-order valence-electron chi connectivity index (χ3n) is 9.79. The third-order valence-corrected chi connectivity index (χ3v) is 9.79. The summed E-state index contributed by atoms with van der Waals surface area (Å²) < 4.78 is 2.17. The Hall–Kier alpha value is -6.91. The van der Waals surface area contributed by atoms with Gasteiger partial charge in [0.15, 0.2) is 5.82 Å². The van der Waals surface area contributed by atoms with Gasteiger partial charge in [-0.25, -0.2) is 15.0 Å². The molecule has 0 unspecified atom stereocenters. The van der Waals surface area contributed by atoms with E-state index >= 15 is 0 Å². The van der Waals surface area contributed by atoms with E-state index in [1.54, 1.807) is 0 Å². The Labute approximate surface area is 295 Å². The first-order chi connectivity index (χ1) is 25.2. The number of rotatable bonds is 5. The van der Waals surface area contributed by atoms with Gasteiger partial charge in [-0.3, -0.25) is 4.40 Å². The molecule has 51 heavy (non-hydrogen) atoms. The molecule has 10 aromatic rings. The molecule has 238 valence electrons. The lowest BCUT2D eigenvalue weighted by atomic mass is 10.00. The Balaban J connectivity index is 1.11. The summed E-state index contributed by atoms with van der Waals surface area (Å²) in [6, 6.07) is 61.8. The fourth-order valence-electron chi connectivity index (χ4n) is 7.16. The minimum Gasteiger partial charge on any atom is -0.299 e. The molecule has 0 radical (unpaired) electrons. The number of imidazole rings is 1. The van der Waals surface area contributed by atoms with Crippen LogP contribution in [0.4, 0.5) is 0 Å². The van der Waals surface area contributed by atoms with Crippen molar-refractivity contribution >= 4 is 38.0 Å². The summed E-state index contributed by atoms with van der Waals surface area (Å²) >= 11 is 0. The van der Waals surface area contributed by atoms with Crippen molar-refractivity contribution in [3.8, 4) is 56.4 Å². The van der Waals surface area contributed by atoms with Crippen LogP contribution in [0.1, 0.15) is 0 Å². The summed E-state index contributed by atoms with van der Waals surface area (Å²) in [4.78, 5) is 15.5. The maximum absolute atomic E-state index is 5.18. The van der Waals surface area contributed by atoms with Crippen LogP contribution in [-0.2, 0) is 0 Å². The highest BCUT2D eigenvalue weighted by molar-refractivity contribution is 5.92. The molecule has 0 saturated heterocycles. The van der Waals surface area contributed by atoms with Gasteiger partial charge < -0.3 is 0 Å². The normalized spacial score (nSPS) is 11.5. The molecule has 0 N–H and O–H groups in total. The van der Waals surface area contributed by atoms with E-state index in [4.69, 9.17) is 15.0 Å². The largest absolute Gasteiger partial charge is 0.299 e. The van der Waals surface area contributed by atoms with Crippen molar-refractivity contribution in [2.45, 2.75) is 0 Å². The first-order valence-electron chi connectivity index (χ1n) is 17.2. The predicted molar refractivity (Wildman–Crippen MR) is 210 cm³/mol. The van der Waals surface area contributed by atoms with Crippen molar-refractivity contribution in [1.82, 2.24) is 19.4 Å². The standard InChI is InChI=1S/C47H30N4/c1-4-12-36-27-39(23-16-31(36)9-1)42-30-43(40-24-17-32-10-2-5-13-37(32)28-40)49-47(48-42)35-21-19-34(20-22-35)46-45(50-44-15-7-8-26-51(44)46)41-25-18-33-11-3-6-14-38(33)29-41/h1-30H. The van der Waals surface area contributed by atoms with Crippen molar-refractivity contribution in [1.29, 1.82) is 0 Å². The number of nitrogens with zero attached hydrogens (tertiary/aromatic N) is 4. The molecule has 0 aliphatic rings. The van der Waals surface area contributed by atoms with Crippen LogP contribution in [0.15, 0.2) is 182 Å². The van der Waals surface area contributed by atoms with Crippen LogP contribution in [0.2, 0.25) is 0 Å². The van der Waals surface area contributed by atoms with E-state index in [2.05, 4.69) is 180 Å². The Bertz CT molecular complexity index is 2820. The van der Waals surface area contributed by atoms with E-state index in [0.29, 0.717) is 5.82 Å². The van der Waals surface area contributed by atoms with Crippen molar-refractivity contribution in [3.63, 3.8) is 0 Å². The van der Waals surface area contributed by atoms with E-state index in [1.807, 2.05) is 6.07 Å². The van der Waals surface area contributed by atoms with Crippen LogP contribution >= 0.6 is 0 Å². The highest BCUT2D eigenvalue weighted by atomic mass is 15.0. The van der Waals surface area contributed by atoms with Crippen LogP contribution in [0.3, 0.4) is 0 Å². The van der Waals surface area contributed by atoms with Crippen LogP contribution in [0.25, 0.3) is 94.4 Å². The molecule has 0 spiro atoms. The van der Waals surface area contributed by atoms with Gasteiger partial charge in [-0.1, -0.05) is 140 Å². The minimum absolute atomic E-state index is 0.684. The van der Waals surface area contributed by atoms with Crippen molar-refractivity contribution in [2.24, 2.45) is 0 Å². The summed E-state index contributed by atoms with van der Waals surface area (Å²) in [6.45, 7) is 0. The molecule has 0 bridgehead atoms. The van der Waals surface area contributed by atoms with E-state index in [9.17, 15) is 0 Å². The molecule has 0 fully saturated rings. The summed E-state index contributed by atoms with van der Waals surface area (Å²) in [5, 5.41) is 7.18. The van der Waals surface area contributed by atoms with Gasteiger partial charge in [-0.15, -0.1) is 0 Å². The summed E-state index contributed by atoms with van der Waals surface area (Å²) in [6.07, 6.45) is 2.09. The van der Waals surface area contributed by atoms with Crippen molar-refractivity contribution in [3.05, 3.63) is 182 Å². The van der Waals surface area contributed by atoms with Crippen LogP contribution < -0.4 is 0 Å². The minimum atomic E-state index is 0.684. The molecule has 4 heteroatoms. The van der Waals surface area contributed by atoms with Crippen LogP contribution in [0.5, 0.6) is 0 Å². The molecular formula is C47H30N4. The summed E-state index contributed by atoms with van der Waals surface area (Å²) in [7, 11) is 0. The zero-order valence-electron chi connectivity index (χ0n) is 27.6. The second kappa shape index (κ2) is 11.9. The summed E-state index contributed by atoms with van der Waals surface area (Å²) in [5.74, 6) is 0.684. The van der Waals surface area contributed by atoms with Crippen LogP contribution in [-0.4, -0.2) is 19.4 Å². The highest BCUT2D eigenvalue weighted by Gasteiger charge is 2.18. The maximum atomic E-state index is 5.18. The van der Waals surface area contributed by atoms with Gasteiger partial charge in [0, 0.05) is 34.0 Å². The SMILES string of the molecule is c1ccc2cc(-c3cc(-c4ccc5ccccc5c4)nc(-c4ccc(-c5c(-c6ccc7ccccc7c6)nc6ccccn56)cc4)n3)ccc2c1. The zero-order valence-corrected chi connectivity index (χ0v) is 27.6. The lowest BCUT2D eigenvalue weighted by molar-refractivity contribution is 1.18. The van der Waals surface area contributed by atoms with Gasteiger partial charge in [0.25, 0.3) is 0 Å². The molecule has 7 aromatic carbocycles. The predicted octanol–water partition coefficient (Wildman–Crippen LogP) is 11.9. The molecule has 0 atom stereocenters. The Kier molecular flexibility index (Phi) is 6.78. The van der Waals surface area contributed by atoms with E-state index in [1.165, 1.54) is 32.3 Å². The average molecular weight is 651 g/mol. The zero-order chi connectivity index (χ0) is 33.7. The fourth-order valence-corrected chi connectivity index (χ4v) is 7.16. The Morgan fingerprint density at radius 2 is 0.784 bits per heavy atom. The number of hydrogen-bond donors (Lipinski definition) is 0. The van der Waals surface area contributed by atoms with Crippen LogP contribution in [0, 0.1) is 0 Å². The van der Waals surface area contributed by atoms with E-state index < -0.39 is 0 Å². The topological polar surface area (TPSA) is 43.1 Å². The van der Waals surface area contributed by atoms with Gasteiger partial charge in [0.2, 0.25) is 0 Å². The monoisotopic (exact) mass is 650 g/mol. The molecular weight excluding hydrogens is 621 g/mol. The lowest BCUT2D eigenvalue weighted by Crippen LogP contribution is -1.96. The molecule has 3 heterocycles. The smallest absolute Gasteiger partial charge is 0.160 e. The van der Waals surface area contributed by atoms with Crippen molar-refractivity contribution in [2.75, 3.05) is 0 Å². The third kappa shape index (κ3) is 5.22. The number of pyridine rings is 1. The maximum Gasteiger partial charge on any atom is 0.160 e. The quantitative estimate of drug-likeness (QED) is 0.186. The number of hydrogen-bond acceptors (Lipinski definition) is 3. The summed E-state index contributed by atoms with van der Waals surface area (Å²) in [5.41, 5.74) is 9.91. The molecule has 10 rings (SSSR count). The van der Waals surface area contributed by atoms with Crippen molar-refractivity contribution < 1.29 is 0 Å². The van der Waals surface area contributed by atoms with E-state index in [0.717, 1.165) is 56.2 Å². The molecule has 0 saturated carbocycles. The average Bonchev–Trinajstić information content (AvgIpc) is 3.60. The number of fused-ring (bicyclic) bond motifs is 4. The van der Waals surface area contributed by atoms with Gasteiger partial charge in [-0.05, 0) is 68.7 Å². The molecule has 4 nitrogen and oxygen atoms in total. The molecule has 0 aliphatic carbocycles. The van der Waals surface area contributed by atoms with E-state index in [-0.39, 0.29) is 0 Å². The van der Waals surface area contributed by atoms with Gasteiger partial charge in [0.05, 0.1) is 22.8 Å². The van der Waals surface area contributed by atoms with Gasteiger partial charge >= 0.3 is 0 Å². The molecule has 3 aromatic heterocycles. The molecule has 0 amide bonds. The van der Waals surface area contributed by atoms with Gasteiger partial charge in [0.1, 0.15) is 5.65 Å². The van der Waals surface area contributed by atoms with Gasteiger partial charge in [-0.2, -0.15) is 0 Å².